The van der Waals surface area contributed by atoms with Gasteiger partial charge in [-0.05, 0) is 51.2 Å². The van der Waals surface area contributed by atoms with E-state index in [-0.39, 0.29) is 6.10 Å². The third-order valence-corrected chi connectivity index (χ3v) is 3.70. The summed E-state index contributed by atoms with van der Waals surface area (Å²) in [4.78, 5) is 2.02. The van der Waals surface area contributed by atoms with E-state index in [0.717, 1.165) is 25.6 Å². The quantitative estimate of drug-likeness (QED) is 0.744. The fourth-order valence-corrected chi connectivity index (χ4v) is 2.97. The molecule has 0 bridgehead atoms. The van der Waals surface area contributed by atoms with Gasteiger partial charge in [0.25, 0.3) is 0 Å². The van der Waals surface area contributed by atoms with E-state index in [1.165, 1.54) is 25.7 Å². The number of nitrogens with one attached hydrogen (secondary N) is 1. The first kappa shape index (κ1) is 14.9. The van der Waals surface area contributed by atoms with Crippen LogP contribution in [0.5, 0.6) is 0 Å². The van der Waals surface area contributed by atoms with E-state index < -0.39 is 0 Å². The van der Waals surface area contributed by atoms with E-state index in [9.17, 15) is 5.11 Å². The average molecular weight is 242 g/mol. The van der Waals surface area contributed by atoms with Crippen molar-refractivity contribution in [1.82, 2.24) is 10.2 Å². The first-order chi connectivity index (χ1) is 7.89. The molecule has 1 aliphatic rings. The zero-order chi connectivity index (χ0) is 12.9. The largest absolute Gasteiger partial charge is 0.390 e. The molecule has 2 atom stereocenters. The molecule has 0 aromatic heterocycles. The van der Waals surface area contributed by atoms with Gasteiger partial charge in [-0.1, -0.05) is 20.3 Å². The summed E-state index contributed by atoms with van der Waals surface area (Å²) in [6.45, 7) is 7.27. The molecule has 0 spiro atoms. The second-order valence-corrected chi connectivity index (χ2v) is 6.70. The van der Waals surface area contributed by atoms with Gasteiger partial charge in [-0.2, -0.15) is 0 Å². The molecule has 0 aromatic carbocycles. The Bertz CT molecular complexity index is 216. The van der Waals surface area contributed by atoms with E-state index in [1.807, 2.05) is 19.0 Å². The third-order valence-electron chi connectivity index (χ3n) is 3.70. The van der Waals surface area contributed by atoms with Crippen molar-refractivity contribution in [2.24, 2.45) is 11.3 Å². The zero-order valence-electron chi connectivity index (χ0n) is 12.0. The maximum atomic E-state index is 9.75. The molecule has 0 unspecified atom stereocenters. The summed E-state index contributed by atoms with van der Waals surface area (Å²) in [5.41, 5.74) is 0.521. The lowest BCUT2D eigenvalue weighted by Gasteiger charge is -2.35. The Morgan fingerprint density at radius 1 is 1.41 bits per heavy atom. The third kappa shape index (κ3) is 6.39. The molecule has 3 nitrogen and oxygen atoms in total. The summed E-state index contributed by atoms with van der Waals surface area (Å²) in [5.74, 6) is 0.797. The van der Waals surface area contributed by atoms with Gasteiger partial charge in [-0.25, -0.2) is 0 Å². The molecule has 0 aromatic rings. The van der Waals surface area contributed by atoms with E-state index >= 15 is 0 Å². The van der Waals surface area contributed by atoms with E-state index in [4.69, 9.17) is 0 Å². The maximum Gasteiger partial charge on any atom is 0.0791 e. The summed E-state index contributed by atoms with van der Waals surface area (Å²) in [5, 5.41) is 13.2. The highest BCUT2D eigenvalue weighted by atomic mass is 16.3. The number of aliphatic hydroxyl groups excluding tert-OH is 1. The molecule has 0 aliphatic heterocycles. The summed E-state index contributed by atoms with van der Waals surface area (Å²) >= 11 is 0. The second-order valence-electron chi connectivity index (χ2n) is 6.70. The van der Waals surface area contributed by atoms with Crippen molar-refractivity contribution in [2.75, 3.05) is 33.7 Å². The number of rotatable bonds is 6. The van der Waals surface area contributed by atoms with Gasteiger partial charge in [0.2, 0.25) is 0 Å². The number of likely N-dealkylation sites (N-methyl/N-ethyl adjacent to an activating group) is 1. The van der Waals surface area contributed by atoms with E-state index in [1.54, 1.807) is 0 Å². The van der Waals surface area contributed by atoms with Crippen LogP contribution in [0.2, 0.25) is 0 Å². The van der Waals surface area contributed by atoms with Crippen molar-refractivity contribution in [3.05, 3.63) is 0 Å². The number of nitrogens with zero attached hydrogens (tertiary/aromatic N) is 1. The van der Waals surface area contributed by atoms with Crippen LogP contribution in [0.15, 0.2) is 0 Å². The van der Waals surface area contributed by atoms with Gasteiger partial charge in [0, 0.05) is 13.1 Å². The van der Waals surface area contributed by atoms with E-state index in [0.29, 0.717) is 5.41 Å². The minimum absolute atomic E-state index is 0.249. The molecule has 0 heterocycles. The first-order valence-corrected chi connectivity index (χ1v) is 6.92. The van der Waals surface area contributed by atoms with Gasteiger partial charge >= 0.3 is 0 Å². The Morgan fingerprint density at radius 2 is 2.12 bits per heavy atom. The molecule has 2 N–H and O–H groups in total. The van der Waals surface area contributed by atoms with Crippen LogP contribution in [0.4, 0.5) is 0 Å². The normalized spacial score (nSPS) is 26.1. The number of hydrogen-bond acceptors (Lipinski definition) is 3. The van der Waals surface area contributed by atoms with Gasteiger partial charge in [0.05, 0.1) is 6.10 Å². The lowest BCUT2D eigenvalue weighted by molar-refractivity contribution is 0.127. The van der Waals surface area contributed by atoms with Gasteiger partial charge in [-0.3, -0.25) is 0 Å². The fourth-order valence-electron chi connectivity index (χ4n) is 2.97. The molecule has 17 heavy (non-hydrogen) atoms. The summed E-state index contributed by atoms with van der Waals surface area (Å²) in [7, 11) is 3.99. The molecule has 3 heteroatoms. The van der Waals surface area contributed by atoms with Crippen LogP contribution in [0.1, 0.15) is 39.5 Å². The molecule has 0 radical (unpaired) electrons. The van der Waals surface area contributed by atoms with Crippen molar-refractivity contribution >= 4 is 0 Å². The standard InChI is InChI=1S/C14H30N2O/c1-14(2)7-5-6-12(8-14)9-15-10-13(17)11-16(3)4/h12-13,15,17H,5-11H2,1-4H3/t12-,13+/m1/s1. The Hall–Kier alpha value is -0.120. The molecule has 1 saturated carbocycles. The Morgan fingerprint density at radius 3 is 2.71 bits per heavy atom. The molecule has 1 rings (SSSR count). The maximum absolute atomic E-state index is 9.75. The molecule has 1 fully saturated rings. The predicted molar refractivity (Wildman–Crippen MR) is 73.2 cm³/mol. The van der Waals surface area contributed by atoms with Crippen molar-refractivity contribution in [2.45, 2.75) is 45.6 Å². The summed E-state index contributed by atoms with van der Waals surface area (Å²) in [6.07, 6.45) is 5.15. The van der Waals surface area contributed by atoms with Crippen molar-refractivity contribution in [3.8, 4) is 0 Å². The summed E-state index contributed by atoms with van der Waals surface area (Å²) < 4.78 is 0. The van der Waals surface area contributed by atoms with Gasteiger partial charge in [-0.15, -0.1) is 0 Å². The Labute approximate surface area is 107 Å². The Balaban J connectivity index is 2.14. The van der Waals surface area contributed by atoms with Gasteiger partial charge < -0.3 is 15.3 Å². The molecule has 0 saturated heterocycles. The first-order valence-electron chi connectivity index (χ1n) is 6.92. The SMILES string of the molecule is CN(C)C[C@@H](O)CNC[C@@H]1CCCC(C)(C)C1. The van der Waals surface area contributed by atoms with Crippen molar-refractivity contribution in [3.63, 3.8) is 0 Å². The number of aliphatic hydroxyl groups is 1. The smallest absolute Gasteiger partial charge is 0.0791 e. The monoisotopic (exact) mass is 242 g/mol. The van der Waals surface area contributed by atoms with Crippen LogP contribution < -0.4 is 5.32 Å². The zero-order valence-corrected chi connectivity index (χ0v) is 12.0. The lowest BCUT2D eigenvalue weighted by Crippen LogP contribution is -2.38. The summed E-state index contributed by atoms with van der Waals surface area (Å²) in [6, 6.07) is 0. The van der Waals surface area contributed by atoms with Crippen LogP contribution >= 0.6 is 0 Å². The van der Waals surface area contributed by atoms with Crippen molar-refractivity contribution in [1.29, 1.82) is 0 Å². The highest BCUT2D eigenvalue weighted by molar-refractivity contribution is 4.80. The fraction of sp³-hybridized carbons (Fsp3) is 1.00. The van der Waals surface area contributed by atoms with Gasteiger partial charge in [0.15, 0.2) is 0 Å². The minimum Gasteiger partial charge on any atom is -0.390 e. The van der Waals surface area contributed by atoms with Crippen LogP contribution in [0.25, 0.3) is 0 Å². The second kappa shape index (κ2) is 6.72. The highest BCUT2D eigenvalue weighted by Crippen LogP contribution is 2.38. The molecule has 0 amide bonds. The van der Waals surface area contributed by atoms with Crippen LogP contribution in [-0.4, -0.2) is 49.8 Å². The highest BCUT2D eigenvalue weighted by Gasteiger charge is 2.27. The van der Waals surface area contributed by atoms with Crippen LogP contribution in [0.3, 0.4) is 0 Å². The van der Waals surface area contributed by atoms with E-state index in [2.05, 4.69) is 19.2 Å². The topological polar surface area (TPSA) is 35.5 Å². The minimum atomic E-state index is -0.249. The molecular formula is C14H30N2O. The molecule has 102 valence electrons. The van der Waals surface area contributed by atoms with Crippen LogP contribution in [-0.2, 0) is 0 Å². The molecule has 1 aliphatic carbocycles. The Kier molecular flexibility index (Phi) is 5.90. The predicted octanol–water partition coefficient (Wildman–Crippen LogP) is 1.71. The van der Waals surface area contributed by atoms with Gasteiger partial charge in [0.1, 0.15) is 0 Å². The van der Waals surface area contributed by atoms with Crippen molar-refractivity contribution < 1.29 is 5.11 Å². The lowest BCUT2D eigenvalue weighted by atomic mass is 9.72. The van der Waals surface area contributed by atoms with Crippen LogP contribution in [0, 0.1) is 11.3 Å². The average Bonchev–Trinajstić information content (AvgIpc) is 2.14. The number of hydrogen-bond donors (Lipinski definition) is 2. The molecular weight excluding hydrogens is 212 g/mol.